The van der Waals surface area contributed by atoms with Crippen LogP contribution in [0.1, 0.15) is 31.8 Å². The van der Waals surface area contributed by atoms with Gasteiger partial charge in [-0.3, -0.25) is 29.1 Å². The SMILES string of the molecule is O=C(Nc1ccc(Oc2ccc3ncc(-c4cccnc4)nc3c2)cc1)c1ccc(Cl)c(C(F)(F)F)c1.O=C(Nc1ccc(Oc2ccc3ncc(-n4ccnc4)nc3c2)cc1)c1ccc(Cl)c(C(F)(F)F)c1. The third-order valence-corrected chi connectivity index (χ3v) is 11.2. The number of aromatic nitrogens is 7. The average molecular weight is 1030 g/mol. The van der Waals surface area contributed by atoms with Gasteiger partial charge in [-0.25, -0.2) is 15.0 Å². The van der Waals surface area contributed by atoms with E-state index >= 15 is 0 Å². The Balaban J connectivity index is 0.000000180. The van der Waals surface area contributed by atoms with Crippen LogP contribution >= 0.6 is 23.2 Å². The molecule has 364 valence electrons. The molecule has 0 saturated heterocycles. The highest BCUT2D eigenvalue weighted by Crippen LogP contribution is 2.37. The zero-order valence-corrected chi connectivity index (χ0v) is 38.5. The van der Waals surface area contributed by atoms with Gasteiger partial charge in [0.1, 0.15) is 29.3 Å². The van der Waals surface area contributed by atoms with Gasteiger partial charge in [-0.1, -0.05) is 23.2 Å². The Bertz CT molecular complexity index is 3630. The monoisotopic (exact) mass is 1030 g/mol. The van der Waals surface area contributed by atoms with Gasteiger partial charge in [0.2, 0.25) is 0 Å². The zero-order chi connectivity index (χ0) is 51.3. The van der Waals surface area contributed by atoms with E-state index in [1.165, 1.54) is 12.1 Å². The van der Waals surface area contributed by atoms with Crippen molar-refractivity contribution in [3.05, 3.63) is 209 Å². The van der Waals surface area contributed by atoms with Crippen LogP contribution in [-0.4, -0.2) is 46.3 Å². The largest absolute Gasteiger partial charge is 0.457 e. The summed E-state index contributed by atoms with van der Waals surface area (Å²) in [5.41, 5.74) is 2.48. The number of nitrogens with one attached hydrogen (secondary N) is 2. The maximum Gasteiger partial charge on any atom is 0.417 e. The lowest BCUT2D eigenvalue weighted by atomic mass is 10.1. The molecule has 0 spiro atoms. The van der Waals surface area contributed by atoms with E-state index in [0.717, 1.165) is 29.8 Å². The molecule has 0 fully saturated rings. The van der Waals surface area contributed by atoms with Gasteiger partial charge in [0.05, 0.1) is 61.3 Å². The van der Waals surface area contributed by atoms with E-state index in [0.29, 0.717) is 68.0 Å². The van der Waals surface area contributed by atoms with Crippen molar-refractivity contribution in [3.63, 3.8) is 0 Å². The van der Waals surface area contributed by atoms with Crippen LogP contribution in [0.2, 0.25) is 10.0 Å². The molecule has 0 aliphatic heterocycles. The molecule has 0 radical (unpaired) electrons. The van der Waals surface area contributed by atoms with Crippen LogP contribution in [0.25, 0.3) is 39.1 Å². The minimum absolute atomic E-state index is 0.167. The van der Waals surface area contributed by atoms with Gasteiger partial charge >= 0.3 is 12.4 Å². The van der Waals surface area contributed by atoms with Crippen molar-refractivity contribution in [2.24, 2.45) is 0 Å². The molecule has 0 bridgehead atoms. The van der Waals surface area contributed by atoms with Crippen molar-refractivity contribution in [3.8, 4) is 40.1 Å². The minimum atomic E-state index is -4.67. The second kappa shape index (κ2) is 20.8. The number of ether oxygens (including phenoxy) is 2. The van der Waals surface area contributed by atoms with E-state index in [1.54, 1.807) is 133 Å². The molecule has 0 unspecified atom stereocenters. The highest BCUT2D eigenvalue weighted by molar-refractivity contribution is 6.32. The van der Waals surface area contributed by atoms with Gasteiger partial charge in [0.15, 0.2) is 5.82 Å². The lowest BCUT2D eigenvalue weighted by Gasteiger charge is -2.12. The predicted octanol–water partition coefficient (Wildman–Crippen LogP) is 13.9. The first-order valence-electron chi connectivity index (χ1n) is 21.4. The quantitative estimate of drug-likeness (QED) is 0.126. The number of hydrogen-bond acceptors (Lipinski definition) is 10. The highest BCUT2D eigenvalue weighted by atomic mass is 35.5. The second-order valence-corrected chi connectivity index (χ2v) is 16.4. The number of amides is 2. The third-order valence-electron chi connectivity index (χ3n) is 10.5. The van der Waals surface area contributed by atoms with Crippen molar-refractivity contribution in [2.45, 2.75) is 12.4 Å². The lowest BCUT2D eigenvalue weighted by Crippen LogP contribution is -2.14. The topological polar surface area (TPSA) is 159 Å². The summed E-state index contributed by atoms with van der Waals surface area (Å²) in [5, 5.41) is 4.18. The molecule has 2 amide bonds. The third kappa shape index (κ3) is 12.0. The van der Waals surface area contributed by atoms with E-state index < -0.39 is 45.3 Å². The molecular weight excluding hydrogens is 1000 g/mol. The molecule has 6 aromatic carbocycles. The number of halogens is 8. The summed E-state index contributed by atoms with van der Waals surface area (Å²) in [6, 6.07) is 33.1. The number of fused-ring (bicyclic) bond motifs is 2. The van der Waals surface area contributed by atoms with Crippen LogP contribution in [0.15, 0.2) is 177 Å². The Morgan fingerprint density at radius 3 is 1.51 bits per heavy atom. The van der Waals surface area contributed by atoms with Crippen molar-refractivity contribution < 1.29 is 45.4 Å². The van der Waals surface area contributed by atoms with Gasteiger partial charge in [-0.2, -0.15) is 26.3 Å². The number of carbonyl (C=O) groups is 2. The minimum Gasteiger partial charge on any atom is -0.457 e. The Hall–Kier alpha value is -8.94. The summed E-state index contributed by atoms with van der Waals surface area (Å²) in [6.07, 6.45) is 2.42. The summed E-state index contributed by atoms with van der Waals surface area (Å²) in [7, 11) is 0. The number of alkyl halides is 6. The van der Waals surface area contributed by atoms with E-state index in [4.69, 9.17) is 32.7 Å². The molecule has 73 heavy (non-hydrogen) atoms. The fourth-order valence-corrected chi connectivity index (χ4v) is 7.38. The molecule has 0 aliphatic carbocycles. The lowest BCUT2D eigenvalue weighted by molar-refractivity contribution is -0.138. The Kier molecular flexibility index (Phi) is 14.0. The van der Waals surface area contributed by atoms with Gasteiger partial charge < -0.3 is 20.1 Å². The molecule has 21 heteroatoms. The molecular formula is C52H31Cl2F6N9O4. The number of rotatable bonds is 10. The molecule has 4 aromatic heterocycles. The second-order valence-electron chi connectivity index (χ2n) is 15.5. The molecule has 0 aliphatic rings. The number of imidazole rings is 1. The first kappa shape index (κ1) is 49.1. The van der Waals surface area contributed by atoms with E-state index in [2.05, 4.69) is 40.5 Å². The standard InChI is InChI=1S/C27H16ClF3N4O2.C25H15ClF3N5O2/c28-22-9-3-16(12-21(22)27(29,30)31)26(36)34-18-4-6-19(7-5-18)37-20-8-10-23-24(13-20)35-25(15-33-23)17-2-1-11-32-14-17;26-20-7-1-15(11-19(20)25(27,28)29)24(35)32-16-2-4-17(5-3-16)36-18-6-8-21-22(12-18)33-23(13-31-21)34-10-9-30-14-34/h1-15H,(H,34,36);1-14H,(H,32,35). The predicted molar refractivity (Wildman–Crippen MR) is 261 cm³/mol. The van der Waals surface area contributed by atoms with Gasteiger partial charge in [-0.15, -0.1) is 0 Å². The van der Waals surface area contributed by atoms with Crippen LogP contribution in [0.5, 0.6) is 23.0 Å². The van der Waals surface area contributed by atoms with Crippen LogP contribution in [0.3, 0.4) is 0 Å². The van der Waals surface area contributed by atoms with Gasteiger partial charge in [-0.05, 0) is 121 Å². The molecule has 0 saturated carbocycles. The number of hydrogen-bond donors (Lipinski definition) is 2. The van der Waals surface area contributed by atoms with Gasteiger partial charge in [0, 0.05) is 65.0 Å². The average Bonchev–Trinajstić information content (AvgIpc) is 3.93. The first-order valence-corrected chi connectivity index (χ1v) is 22.1. The van der Waals surface area contributed by atoms with Crippen LogP contribution < -0.4 is 20.1 Å². The van der Waals surface area contributed by atoms with Crippen molar-refractivity contribution in [2.75, 3.05) is 10.6 Å². The molecule has 2 N–H and O–H groups in total. The zero-order valence-electron chi connectivity index (χ0n) is 37.0. The summed E-state index contributed by atoms with van der Waals surface area (Å²) < 4.78 is 92.0. The van der Waals surface area contributed by atoms with Crippen molar-refractivity contribution in [1.29, 1.82) is 0 Å². The highest BCUT2D eigenvalue weighted by Gasteiger charge is 2.35. The molecule has 0 atom stereocenters. The summed E-state index contributed by atoms with van der Waals surface area (Å²) in [6.45, 7) is 0. The Morgan fingerprint density at radius 2 is 1.03 bits per heavy atom. The molecule has 13 nitrogen and oxygen atoms in total. The smallest absolute Gasteiger partial charge is 0.417 e. The maximum atomic E-state index is 13.1. The van der Waals surface area contributed by atoms with Crippen LogP contribution in [0.4, 0.5) is 37.7 Å². The summed E-state index contributed by atoms with van der Waals surface area (Å²) in [4.78, 5) is 51.1. The first-order chi connectivity index (χ1) is 35.0. The van der Waals surface area contributed by atoms with Crippen molar-refractivity contribution in [1.82, 2.24) is 34.5 Å². The fourth-order valence-electron chi connectivity index (χ4n) is 6.93. The normalized spacial score (nSPS) is 11.4. The summed E-state index contributed by atoms with van der Waals surface area (Å²) in [5.74, 6) is 1.23. The fraction of sp³-hybridized carbons (Fsp3) is 0.0385. The summed E-state index contributed by atoms with van der Waals surface area (Å²) >= 11 is 11.2. The van der Waals surface area contributed by atoms with Crippen molar-refractivity contribution >= 4 is 68.5 Å². The Labute approximate surface area is 419 Å². The number of anilines is 2. The number of benzene rings is 6. The molecule has 4 heterocycles. The number of nitrogens with zero attached hydrogens (tertiary/aromatic N) is 7. The number of carbonyl (C=O) groups excluding carboxylic acids is 2. The van der Waals surface area contributed by atoms with Crippen LogP contribution in [0, 0.1) is 0 Å². The van der Waals surface area contributed by atoms with E-state index in [-0.39, 0.29) is 11.1 Å². The molecule has 10 aromatic rings. The van der Waals surface area contributed by atoms with E-state index in [1.807, 2.05) is 12.1 Å². The number of pyridine rings is 1. The maximum absolute atomic E-state index is 13.1. The molecule has 10 rings (SSSR count). The van der Waals surface area contributed by atoms with Gasteiger partial charge in [0.25, 0.3) is 11.8 Å². The van der Waals surface area contributed by atoms with Crippen LogP contribution in [-0.2, 0) is 12.4 Å². The van der Waals surface area contributed by atoms with E-state index in [9.17, 15) is 35.9 Å². The Morgan fingerprint density at radius 1 is 0.521 bits per heavy atom.